The summed E-state index contributed by atoms with van der Waals surface area (Å²) in [5.74, 6) is 2.47. The van der Waals surface area contributed by atoms with Crippen LogP contribution in [0, 0.1) is 11.3 Å². The summed E-state index contributed by atoms with van der Waals surface area (Å²) >= 11 is 5.91. The maximum Gasteiger partial charge on any atom is 0.128 e. The fourth-order valence-electron chi connectivity index (χ4n) is 2.91. The first-order valence-corrected chi connectivity index (χ1v) is 7.80. The zero-order valence-electron chi connectivity index (χ0n) is 12.3. The monoisotopic (exact) mass is 280 g/mol. The van der Waals surface area contributed by atoms with Crippen LogP contribution in [0.15, 0.2) is 18.3 Å². The summed E-state index contributed by atoms with van der Waals surface area (Å²) in [5, 5.41) is 0. The number of hydrogen-bond donors (Lipinski definition) is 0. The van der Waals surface area contributed by atoms with E-state index in [0.717, 1.165) is 30.4 Å². The summed E-state index contributed by atoms with van der Waals surface area (Å²) in [6.45, 7) is 9.31. The molecule has 0 bridgehead atoms. The minimum Gasteiger partial charge on any atom is -0.357 e. The maximum atomic E-state index is 5.91. The van der Waals surface area contributed by atoms with Gasteiger partial charge in [0, 0.05) is 25.2 Å². The number of pyridine rings is 1. The van der Waals surface area contributed by atoms with Crippen LogP contribution in [0.25, 0.3) is 0 Å². The van der Waals surface area contributed by atoms with E-state index in [2.05, 4.69) is 36.7 Å². The molecular weight excluding hydrogens is 256 g/mol. The Balaban J connectivity index is 2.06. The molecule has 0 spiro atoms. The van der Waals surface area contributed by atoms with E-state index in [0.29, 0.717) is 11.3 Å². The van der Waals surface area contributed by atoms with Gasteiger partial charge in [0.2, 0.25) is 0 Å². The second-order valence-electron chi connectivity index (χ2n) is 6.64. The number of aromatic nitrogens is 1. The highest BCUT2D eigenvalue weighted by molar-refractivity contribution is 6.17. The summed E-state index contributed by atoms with van der Waals surface area (Å²) in [4.78, 5) is 6.93. The largest absolute Gasteiger partial charge is 0.357 e. The molecule has 2 heterocycles. The molecule has 1 fully saturated rings. The van der Waals surface area contributed by atoms with Crippen LogP contribution in [0.2, 0.25) is 0 Å². The standard InChI is InChI=1S/C16H25ClN2/c1-16(2,3)14-5-4-9-19(10-7-14)15-11-13(12-17)6-8-18-15/h6,8,11,14H,4-5,7,9-10,12H2,1-3H3. The van der Waals surface area contributed by atoms with Crippen molar-refractivity contribution in [2.45, 2.75) is 45.9 Å². The SMILES string of the molecule is CC(C)(C)C1CCCN(c2cc(CCl)ccn2)CC1. The third-order valence-corrected chi connectivity index (χ3v) is 4.55. The van der Waals surface area contributed by atoms with Crippen molar-refractivity contribution in [2.24, 2.45) is 11.3 Å². The molecule has 0 amide bonds. The molecule has 19 heavy (non-hydrogen) atoms. The molecule has 2 rings (SSSR count). The van der Waals surface area contributed by atoms with Gasteiger partial charge in [0.25, 0.3) is 0 Å². The van der Waals surface area contributed by atoms with Gasteiger partial charge in [0.15, 0.2) is 0 Å². The first-order valence-electron chi connectivity index (χ1n) is 7.26. The highest BCUT2D eigenvalue weighted by Gasteiger charge is 2.27. The second kappa shape index (κ2) is 6.13. The molecule has 1 saturated heterocycles. The van der Waals surface area contributed by atoms with E-state index in [-0.39, 0.29) is 0 Å². The fraction of sp³-hybridized carbons (Fsp3) is 0.688. The van der Waals surface area contributed by atoms with Crippen LogP contribution in [0.1, 0.15) is 45.6 Å². The van der Waals surface area contributed by atoms with Crippen LogP contribution >= 0.6 is 11.6 Å². The molecule has 0 aromatic carbocycles. The van der Waals surface area contributed by atoms with Gasteiger partial charge >= 0.3 is 0 Å². The van der Waals surface area contributed by atoms with Crippen molar-refractivity contribution in [3.8, 4) is 0 Å². The number of anilines is 1. The van der Waals surface area contributed by atoms with Crippen molar-refractivity contribution in [1.29, 1.82) is 0 Å². The Bertz CT molecular complexity index is 411. The molecule has 1 atom stereocenters. The molecule has 1 aliphatic heterocycles. The van der Waals surface area contributed by atoms with Crippen molar-refractivity contribution in [2.75, 3.05) is 18.0 Å². The molecule has 1 unspecified atom stereocenters. The maximum absolute atomic E-state index is 5.91. The van der Waals surface area contributed by atoms with E-state index in [4.69, 9.17) is 11.6 Å². The van der Waals surface area contributed by atoms with E-state index in [1.807, 2.05) is 12.3 Å². The average Bonchev–Trinajstić information content (AvgIpc) is 2.64. The topological polar surface area (TPSA) is 16.1 Å². The zero-order chi connectivity index (χ0) is 13.9. The summed E-state index contributed by atoms with van der Waals surface area (Å²) in [7, 11) is 0. The zero-order valence-corrected chi connectivity index (χ0v) is 13.1. The Labute approximate surface area is 122 Å². The minimum absolute atomic E-state index is 0.418. The van der Waals surface area contributed by atoms with Crippen LogP contribution in [-0.4, -0.2) is 18.1 Å². The molecule has 0 N–H and O–H groups in total. The number of halogens is 1. The van der Waals surface area contributed by atoms with Gasteiger partial charge in [0.05, 0.1) is 0 Å². The van der Waals surface area contributed by atoms with Crippen LogP contribution in [0.4, 0.5) is 5.82 Å². The van der Waals surface area contributed by atoms with E-state index < -0.39 is 0 Å². The van der Waals surface area contributed by atoms with Gasteiger partial charge in [-0.1, -0.05) is 20.8 Å². The molecule has 0 aliphatic carbocycles. The lowest BCUT2D eigenvalue weighted by Gasteiger charge is -2.30. The Kier molecular flexibility index (Phi) is 4.72. The van der Waals surface area contributed by atoms with Gasteiger partial charge in [0.1, 0.15) is 5.82 Å². The van der Waals surface area contributed by atoms with Crippen molar-refractivity contribution in [3.63, 3.8) is 0 Å². The molecule has 0 saturated carbocycles. The van der Waals surface area contributed by atoms with E-state index >= 15 is 0 Å². The van der Waals surface area contributed by atoms with Gasteiger partial charge in [-0.05, 0) is 48.3 Å². The highest BCUT2D eigenvalue weighted by Crippen LogP contribution is 2.35. The van der Waals surface area contributed by atoms with E-state index in [1.165, 1.54) is 19.3 Å². The van der Waals surface area contributed by atoms with Crippen molar-refractivity contribution in [3.05, 3.63) is 23.9 Å². The molecule has 0 radical (unpaired) electrons. The molecular formula is C16H25ClN2. The van der Waals surface area contributed by atoms with Gasteiger partial charge in [-0.15, -0.1) is 11.6 Å². The summed E-state index contributed by atoms with van der Waals surface area (Å²) in [6.07, 6.45) is 5.72. The molecule has 1 aromatic rings. The lowest BCUT2D eigenvalue weighted by atomic mass is 9.77. The highest BCUT2D eigenvalue weighted by atomic mass is 35.5. The lowest BCUT2D eigenvalue weighted by molar-refractivity contribution is 0.220. The number of alkyl halides is 1. The van der Waals surface area contributed by atoms with Crippen LogP contribution in [0.3, 0.4) is 0 Å². The first kappa shape index (κ1) is 14.6. The normalized spacial score (nSPS) is 21.3. The third-order valence-electron chi connectivity index (χ3n) is 4.24. The average molecular weight is 281 g/mol. The van der Waals surface area contributed by atoms with Crippen LogP contribution < -0.4 is 4.90 Å². The molecule has 106 valence electrons. The van der Waals surface area contributed by atoms with Crippen LogP contribution in [-0.2, 0) is 5.88 Å². The third kappa shape index (κ3) is 3.85. The quantitative estimate of drug-likeness (QED) is 0.743. The Morgan fingerprint density at radius 3 is 2.79 bits per heavy atom. The predicted molar refractivity (Wildman–Crippen MR) is 82.8 cm³/mol. The van der Waals surface area contributed by atoms with Gasteiger partial charge < -0.3 is 4.90 Å². The summed E-state index contributed by atoms with van der Waals surface area (Å²) < 4.78 is 0. The smallest absolute Gasteiger partial charge is 0.128 e. The molecule has 2 nitrogen and oxygen atoms in total. The fourth-order valence-corrected chi connectivity index (χ4v) is 3.07. The predicted octanol–water partition coefficient (Wildman–Crippen LogP) is 4.47. The lowest BCUT2D eigenvalue weighted by Crippen LogP contribution is -2.26. The van der Waals surface area contributed by atoms with E-state index in [1.54, 1.807) is 0 Å². The first-order chi connectivity index (χ1) is 9.00. The number of nitrogens with zero attached hydrogens (tertiary/aromatic N) is 2. The van der Waals surface area contributed by atoms with Gasteiger partial charge in [-0.25, -0.2) is 4.98 Å². The Morgan fingerprint density at radius 2 is 2.11 bits per heavy atom. The number of hydrogen-bond acceptors (Lipinski definition) is 2. The van der Waals surface area contributed by atoms with Gasteiger partial charge in [-0.3, -0.25) is 0 Å². The van der Waals surface area contributed by atoms with Crippen LogP contribution in [0.5, 0.6) is 0 Å². The minimum atomic E-state index is 0.418. The second-order valence-corrected chi connectivity index (χ2v) is 6.90. The molecule has 3 heteroatoms. The molecule has 1 aliphatic rings. The summed E-state index contributed by atoms with van der Waals surface area (Å²) in [6, 6.07) is 4.12. The molecule has 1 aromatic heterocycles. The van der Waals surface area contributed by atoms with Crippen molar-refractivity contribution < 1.29 is 0 Å². The number of rotatable bonds is 2. The van der Waals surface area contributed by atoms with Crippen molar-refractivity contribution >= 4 is 17.4 Å². The Hall–Kier alpha value is -0.760. The van der Waals surface area contributed by atoms with E-state index in [9.17, 15) is 0 Å². The summed E-state index contributed by atoms with van der Waals surface area (Å²) in [5.41, 5.74) is 1.57. The van der Waals surface area contributed by atoms with Gasteiger partial charge in [-0.2, -0.15) is 0 Å². The Morgan fingerprint density at radius 1 is 1.32 bits per heavy atom. The van der Waals surface area contributed by atoms with Crippen molar-refractivity contribution in [1.82, 2.24) is 4.98 Å².